The normalized spacial score (nSPS) is 18.9. The Morgan fingerprint density at radius 1 is 1.20 bits per heavy atom. The van der Waals surface area contributed by atoms with E-state index in [4.69, 9.17) is 9.47 Å². The molecule has 1 atom stereocenters. The van der Waals surface area contributed by atoms with Gasteiger partial charge in [0.05, 0.1) is 7.11 Å². The van der Waals surface area contributed by atoms with E-state index in [0.29, 0.717) is 6.54 Å². The van der Waals surface area contributed by atoms with Gasteiger partial charge in [-0.05, 0) is 36.6 Å². The van der Waals surface area contributed by atoms with Crippen molar-refractivity contribution in [1.29, 1.82) is 0 Å². The zero-order chi connectivity index (χ0) is 14.7. The second-order valence-electron chi connectivity index (χ2n) is 4.88. The maximum absolute atomic E-state index is 12.4. The Labute approximate surface area is 120 Å². The van der Waals surface area contributed by atoms with Gasteiger partial charge in [0.2, 0.25) is 0 Å². The van der Waals surface area contributed by atoms with E-state index in [1.807, 2.05) is 38.1 Å². The molecule has 0 saturated carbocycles. The SMILES string of the molecule is CCC1=C(C)C(OC)N(Cc2ccc(OC)cc2)C1=O. The third-order valence-electron chi connectivity index (χ3n) is 3.74. The Balaban J connectivity index is 2.18. The highest BCUT2D eigenvalue weighted by atomic mass is 16.5. The molecule has 1 aliphatic rings. The van der Waals surface area contributed by atoms with Crippen LogP contribution in [0.1, 0.15) is 25.8 Å². The van der Waals surface area contributed by atoms with E-state index in [9.17, 15) is 4.79 Å². The van der Waals surface area contributed by atoms with Crippen LogP contribution in [0.3, 0.4) is 0 Å². The van der Waals surface area contributed by atoms with Gasteiger partial charge < -0.3 is 14.4 Å². The third-order valence-corrected chi connectivity index (χ3v) is 3.74. The molecule has 4 heteroatoms. The lowest BCUT2D eigenvalue weighted by molar-refractivity contribution is -0.134. The second-order valence-corrected chi connectivity index (χ2v) is 4.88. The molecule has 1 aliphatic heterocycles. The number of hydrogen-bond donors (Lipinski definition) is 0. The van der Waals surface area contributed by atoms with Gasteiger partial charge in [0, 0.05) is 19.2 Å². The van der Waals surface area contributed by atoms with Crippen molar-refractivity contribution in [2.75, 3.05) is 14.2 Å². The first-order valence-corrected chi connectivity index (χ1v) is 6.78. The van der Waals surface area contributed by atoms with Gasteiger partial charge in [-0.15, -0.1) is 0 Å². The number of benzene rings is 1. The number of amides is 1. The van der Waals surface area contributed by atoms with E-state index in [1.54, 1.807) is 19.1 Å². The smallest absolute Gasteiger partial charge is 0.252 e. The number of rotatable bonds is 5. The van der Waals surface area contributed by atoms with Crippen LogP contribution in [0.25, 0.3) is 0 Å². The van der Waals surface area contributed by atoms with E-state index >= 15 is 0 Å². The minimum Gasteiger partial charge on any atom is -0.497 e. The molecular formula is C16H21NO3. The van der Waals surface area contributed by atoms with E-state index in [0.717, 1.165) is 28.9 Å². The highest BCUT2D eigenvalue weighted by Gasteiger charge is 2.35. The van der Waals surface area contributed by atoms with Crippen molar-refractivity contribution in [3.8, 4) is 5.75 Å². The van der Waals surface area contributed by atoms with Gasteiger partial charge in [0.1, 0.15) is 5.75 Å². The zero-order valence-corrected chi connectivity index (χ0v) is 12.5. The van der Waals surface area contributed by atoms with Crippen molar-refractivity contribution in [2.24, 2.45) is 0 Å². The largest absolute Gasteiger partial charge is 0.497 e. The van der Waals surface area contributed by atoms with Gasteiger partial charge in [0.15, 0.2) is 6.23 Å². The molecule has 2 rings (SSSR count). The summed E-state index contributed by atoms with van der Waals surface area (Å²) < 4.78 is 10.6. The standard InChI is InChI=1S/C16H21NO3/c1-5-14-11(2)16(20-4)17(15(14)18)10-12-6-8-13(19-3)9-7-12/h6-9,16H,5,10H2,1-4H3. The summed E-state index contributed by atoms with van der Waals surface area (Å²) in [5.41, 5.74) is 2.95. The van der Waals surface area contributed by atoms with E-state index in [2.05, 4.69) is 0 Å². The molecule has 1 unspecified atom stereocenters. The van der Waals surface area contributed by atoms with Gasteiger partial charge in [0.25, 0.3) is 5.91 Å². The van der Waals surface area contributed by atoms with Crippen molar-refractivity contribution in [3.63, 3.8) is 0 Å². The molecule has 0 bridgehead atoms. The maximum Gasteiger partial charge on any atom is 0.252 e. The van der Waals surface area contributed by atoms with Crippen LogP contribution in [-0.2, 0) is 16.1 Å². The number of carbonyl (C=O) groups is 1. The summed E-state index contributed by atoms with van der Waals surface area (Å²) in [5, 5.41) is 0. The van der Waals surface area contributed by atoms with Crippen molar-refractivity contribution in [1.82, 2.24) is 4.90 Å². The van der Waals surface area contributed by atoms with Crippen LogP contribution in [-0.4, -0.2) is 31.3 Å². The topological polar surface area (TPSA) is 38.8 Å². The van der Waals surface area contributed by atoms with Crippen molar-refractivity contribution in [2.45, 2.75) is 33.0 Å². The summed E-state index contributed by atoms with van der Waals surface area (Å²) in [6.45, 7) is 4.52. The molecule has 1 aromatic carbocycles. The minimum atomic E-state index is -0.250. The molecule has 0 radical (unpaired) electrons. The first-order chi connectivity index (χ1) is 9.62. The van der Waals surface area contributed by atoms with Crippen molar-refractivity contribution >= 4 is 5.91 Å². The van der Waals surface area contributed by atoms with Gasteiger partial charge in [-0.25, -0.2) is 0 Å². The molecule has 108 valence electrons. The predicted octanol–water partition coefficient (Wildman–Crippen LogP) is 2.74. The molecule has 4 nitrogen and oxygen atoms in total. The first kappa shape index (κ1) is 14.6. The van der Waals surface area contributed by atoms with Gasteiger partial charge in [-0.3, -0.25) is 4.79 Å². The summed E-state index contributed by atoms with van der Waals surface area (Å²) in [6.07, 6.45) is 0.489. The van der Waals surface area contributed by atoms with Gasteiger partial charge in [-0.2, -0.15) is 0 Å². The fraction of sp³-hybridized carbons (Fsp3) is 0.438. The van der Waals surface area contributed by atoms with Gasteiger partial charge >= 0.3 is 0 Å². The highest BCUT2D eigenvalue weighted by molar-refractivity contribution is 5.97. The molecule has 0 spiro atoms. The number of nitrogens with zero attached hydrogens (tertiary/aromatic N) is 1. The Kier molecular flexibility index (Phi) is 4.45. The van der Waals surface area contributed by atoms with Gasteiger partial charge in [-0.1, -0.05) is 19.1 Å². The van der Waals surface area contributed by atoms with Crippen molar-refractivity contribution < 1.29 is 14.3 Å². The monoisotopic (exact) mass is 275 g/mol. The summed E-state index contributed by atoms with van der Waals surface area (Å²) >= 11 is 0. The molecule has 0 saturated heterocycles. The number of hydrogen-bond acceptors (Lipinski definition) is 3. The fourth-order valence-corrected chi connectivity index (χ4v) is 2.65. The van der Waals surface area contributed by atoms with Crippen LogP contribution < -0.4 is 4.74 Å². The van der Waals surface area contributed by atoms with Crippen LogP contribution in [0.2, 0.25) is 0 Å². The molecule has 1 heterocycles. The number of ether oxygens (including phenoxy) is 2. The lowest BCUT2D eigenvalue weighted by Gasteiger charge is -2.25. The van der Waals surface area contributed by atoms with Crippen LogP contribution in [0.5, 0.6) is 5.75 Å². The molecule has 0 N–H and O–H groups in total. The Hall–Kier alpha value is -1.81. The highest BCUT2D eigenvalue weighted by Crippen LogP contribution is 2.29. The Bertz CT molecular complexity index is 519. The fourth-order valence-electron chi connectivity index (χ4n) is 2.65. The lowest BCUT2D eigenvalue weighted by Crippen LogP contribution is -2.36. The average Bonchev–Trinajstić information content (AvgIpc) is 2.70. The Morgan fingerprint density at radius 2 is 1.85 bits per heavy atom. The number of carbonyl (C=O) groups excluding carboxylic acids is 1. The molecular weight excluding hydrogens is 254 g/mol. The molecule has 0 aromatic heterocycles. The Morgan fingerprint density at radius 3 is 2.35 bits per heavy atom. The van der Waals surface area contributed by atoms with Crippen LogP contribution in [0, 0.1) is 0 Å². The summed E-state index contributed by atoms with van der Waals surface area (Å²) in [5.74, 6) is 0.890. The second kappa shape index (κ2) is 6.09. The molecule has 20 heavy (non-hydrogen) atoms. The zero-order valence-electron chi connectivity index (χ0n) is 12.5. The minimum absolute atomic E-state index is 0.0765. The third kappa shape index (κ3) is 2.56. The first-order valence-electron chi connectivity index (χ1n) is 6.78. The molecule has 0 fully saturated rings. The summed E-state index contributed by atoms with van der Waals surface area (Å²) in [6, 6.07) is 7.74. The quantitative estimate of drug-likeness (QED) is 0.829. The van der Waals surface area contributed by atoms with E-state index in [-0.39, 0.29) is 12.1 Å². The van der Waals surface area contributed by atoms with E-state index < -0.39 is 0 Å². The van der Waals surface area contributed by atoms with E-state index in [1.165, 1.54) is 0 Å². The summed E-state index contributed by atoms with van der Waals surface area (Å²) in [7, 11) is 3.28. The number of methoxy groups -OCH3 is 2. The van der Waals surface area contributed by atoms with Crippen molar-refractivity contribution in [3.05, 3.63) is 41.0 Å². The molecule has 0 aliphatic carbocycles. The molecule has 1 amide bonds. The molecule has 1 aromatic rings. The predicted molar refractivity (Wildman–Crippen MR) is 77.3 cm³/mol. The summed E-state index contributed by atoms with van der Waals surface area (Å²) in [4.78, 5) is 14.2. The van der Waals surface area contributed by atoms with Crippen LogP contribution in [0.15, 0.2) is 35.4 Å². The van der Waals surface area contributed by atoms with Crippen LogP contribution in [0.4, 0.5) is 0 Å². The lowest BCUT2D eigenvalue weighted by atomic mass is 10.1. The average molecular weight is 275 g/mol. The maximum atomic E-state index is 12.4. The van der Waals surface area contributed by atoms with Crippen LogP contribution >= 0.6 is 0 Å².